The fraction of sp³-hybridized carbons (Fsp3) is 0.400. The molecule has 0 heterocycles. The van der Waals surface area contributed by atoms with Crippen molar-refractivity contribution < 1.29 is 26.8 Å². The van der Waals surface area contributed by atoms with Crippen molar-refractivity contribution in [2.24, 2.45) is 0 Å². The van der Waals surface area contributed by atoms with Crippen LogP contribution in [0.1, 0.15) is 11.1 Å². The molecule has 0 amide bonds. The Morgan fingerprint density at radius 3 is 1.89 bits per heavy atom. The van der Waals surface area contributed by atoms with Crippen LogP contribution in [-0.2, 0) is 35.1 Å². The van der Waals surface area contributed by atoms with Crippen LogP contribution >= 0.6 is 0 Å². The van der Waals surface area contributed by atoms with Crippen molar-refractivity contribution in [3.63, 3.8) is 0 Å². The Balaban J connectivity index is 1.45. The standard InChI is InChI=1S/C20H26O6S/c1-18-7-9-20(10-8-18)27(21,22)26-16-15-24-12-11-23-13-14-25-17-19-5-3-2-4-6-19/h2-10H,11-17H2,1H3. The smallest absolute Gasteiger partial charge is 0.297 e. The molecule has 2 aromatic rings. The lowest BCUT2D eigenvalue weighted by Crippen LogP contribution is -2.14. The summed E-state index contributed by atoms with van der Waals surface area (Å²) < 4.78 is 45.1. The molecule has 0 spiro atoms. The predicted molar refractivity (Wildman–Crippen MR) is 102 cm³/mol. The van der Waals surface area contributed by atoms with Gasteiger partial charge in [0, 0.05) is 0 Å². The molecule has 0 unspecified atom stereocenters. The summed E-state index contributed by atoms with van der Waals surface area (Å²) in [6, 6.07) is 16.4. The highest BCUT2D eigenvalue weighted by atomic mass is 32.2. The summed E-state index contributed by atoms with van der Waals surface area (Å²) in [5.74, 6) is 0. The Kier molecular flexibility index (Phi) is 9.44. The molecule has 6 nitrogen and oxygen atoms in total. The Hall–Kier alpha value is -1.77. The molecule has 0 radical (unpaired) electrons. The number of hydrogen-bond acceptors (Lipinski definition) is 6. The zero-order chi connectivity index (χ0) is 19.4. The molecule has 2 aromatic carbocycles. The molecule has 0 fully saturated rings. The van der Waals surface area contributed by atoms with Crippen molar-refractivity contribution in [2.75, 3.05) is 39.6 Å². The molecule has 0 atom stereocenters. The predicted octanol–water partition coefficient (Wildman–Crippen LogP) is 2.95. The van der Waals surface area contributed by atoms with Gasteiger partial charge in [-0.05, 0) is 24.6 Å². The molecule has 0 aliphatic carbocycles. The van der Waals surface area contributed by atoms with Crippen LogP contribution in [0.3, 0.4) is 0 Å². The molecule has 2 rings (SSSR count). The first-order chi connectivity index (χ1) is 13.1. The summed E-state index contributed by atoms with van der Waals surface area (Å²) in [6.07, 6.45) is 0. The quantitative estimate of drug-likeness (QED) is 0.384. The third-order valence-electron chi connectivity index (χ3n) is 3.63. The minimum atomic E-state index is -3.74. The SMILES string of the molecule is Cc1ccc(S(=O)(=O)OCCOCCOCCOCc2ccccc2)cc1. The van der Waals surface area contributed by atoms with E-state index in [2.05, 4.69) is 0 Å². The van der Waals surface area contributed by atoms with E-state index in [1.807, 2.05) is 37.3 Å². The topological polar surface area (TPSA) is 71.1 Å². The van der Waals surface area contributed by atoms with Crippen LogP contribution in [0.25, 0.3) is 0 Å². The largest absolute Gasteiger partial charge is 0.377 e. The fourth-order valence-electron chi connectivity index (χ4n) is 2.18. The van der Waals surface area contributed by atoms with Crippen molar-refractivity contribution in [1.29, 1.82) is 0 Å². The van der Waals surface area contributed by atoms with E-state index >= 15 is 0 Å². The van der Waals surface area contributed by atoms with Crippen LogP contribution in [0.15, 0.2) is 59.5 Å². The zero-order valence-corrected chi connectivity index (χ0v) is 16.3. The second-order valence-electron chi connectivity index (χ2n) is 5.85. The first-order valence-electron chi connectivity index (χ1n) is 8.81. The number of aryl methyl sites for hydroxylation is 1. The summed E-state index contributed by atoms with van der Waals surface area (Å²) in [5, 5.41) is 0. The van der Waals surface area contributed by atoms with Gasteiger partial charge in [0.25, 0.3) is 10.1 Å². The average molecular weight is 394 g/mol. The molecule has 0 aliphatic heterocycles. The molecule has 7 heteroatoms. The van der Waals surface area contributed by atoms with Gasteiger partial charge in [-0.2, -0.15) is 8.42 Å². The molecule has 148 valence electrons. The van der Waals surface area contributed by atoms with Gasteiger partial charge in [-0.3, -0.25) is 4.18 Å². The highest BCUT2D eigenvalue weighted by Gasteiger charge is 2.14. The number of rotatable bonds is 13. The summed E-state index contributed by atoms with van der Waals surface area (Å²) in [7, 11) is -3.74. The summed E-state index contributed by atoms with van der Waals surface area (Å²) in [4.78, 5) is 0.145. The summed E-state index contributed by atoms with van der Waals surface area (Å²) in [5.41, 5.74) is 2.11. The maximum absolute atomic E-state index is 12.0. The Labute approximate surface area is 161 Å². The lowest BCUT2D eigenvalue weighted by molar-refractivity contribution is 0.00628. The maximum Gasteiger partial charge on any atom is 0.297 e. The van der Waals surface area contributed by atoms with Gasteiger partial charge < -0.3 is 14.2 Å². The number of benzene rings is 2. The van der Waals surface area contributed by atoms with Crippen molar-refractivity contribution in [2.45, 2.75) is 18.4 Å². The van der Waals surface area contributed by atoms with Gasteiger partial charge in [0.1, 0.15) is 0 Å². The second-order valence-corrected chi connectivity index (χ2v) is 7.47. The van der Waals surface area contributed by atoms with Gasteiger partial charge >= 0.3 is 0 Å². The van der Waals surface area contributed by atoms with E-state index in [0.717, 1.165) is 11.1 Å². The van der Waals surface area contributed by atoms with E-state index in [0.29, 0.717) is 33.0 Å². The Morgan fingerprint density at radius 2 is 1.26 bits per heavy atom. The normalized spacial score (nSPS) is 11.6. The van der Waals surface area contributed by atoms with E-state index in [-0.39, 0.29) is 18.1 Å². The minimum absolute atomic E-state index is 0.0314. The van der Waals surface area contributed by atoms with E-state index in [1.165, 1.54) is 12.1 Å². The summed E-state index contributed by atoms with van der Waals surface area (Å²) in [6.45, 7) is 4.37. The number of hydrogen-bond donors (Lipinski definition) is 0. The van der Waals surface area contributed by atoms with Crippen LogP contribution in [0.5, 0.6) is 0 Å². The van der Waals surface area contributed by atoms with Gasteiger partial charge in [0.15, 0.2) is 0 Å². The molecule has 27 heavy (non-hydrogen) atoms. The monoisotopic (exact) mass is 394 g/mol. The van der Waals surface area contributed by atoms with Gasteiger partial charge in [0.2, 0.25) is 0 Å². The lowest BCUT2D eigenvalue weighted by atomic mass is 10.2. The Bertz CT molecular complexity index is 744. The average Bonchev–Trinajstić information content (AvgIpc) is 2.67. The second kappa shape index (κ2) is 11.8. The van der Waals surface area contributed by atoms with Gasteiger partial charge in [-0.15, -0.1) is 0 Å². The minimum Gasteiger partial charge on any atom is -0.377 e. The van der Waals surface area contributed by atoms with Crippen LogP contribution in [0, 0.1) is 6.92 Å². The van der Waals surface area contributed by atoms with Gasteiger partial charge in [-0.25, -0.2) is 0 Å². The first kappa shape index (κ1) is 21.5. The Morgan fingerprint density at radius 1 is 0.704 bits per heavy atom. The highest BCUT2D eigenvalue weighted by Crippen LogP contribution is 2.12. The molecule has 0 aliphatic rings. The van der Waals surface area contributed by atoms with Gasteiger partial charge in [-0.1, -0.05) is 48.0 Å². The van der Waals surface area contributed by atoms with E-state index in [1.54, 1.807) is 12.1 Å². The van der Waals surface area contributed by atoms with Crippen LogP contribution in [-0.4, -0.2) is 48.1 Å². The van der Waals surface area contributed by atoms with E-state index < -0.39 is 10.1 Å². The highest BCUT2D eigenvalue weighted by molar-refractivity contribution is 7.86. The number of ether oxygens (including phenoxy) is 3. The maximum atomic E-state index is 12.0. The molecule has 0 saturated heterocycles. The molecule has 0 N–H and O–H groups in total. The molecule has 0 aromatic heterocycles. The molecular weight excluding hydrogens is 368 g/mol. The molecule has 0 saturated carbocycles. The van der Waals surface area contributed by atoms with Crippen LogP contribution in [0.4, 0.5) is 0 Å². The van der Waals surface area contributed by atoms with E-state index in [9.17, 15) is 8.42 Å². The third-order valence-corrected chi connectivity index (χ3v) is 4.96. The van der Waals surface area contributed by atoms with E-state index in [4.69, 9.17) is 18.4 Å². The fourth-order valence-corrected chi connectivity index (χ4v) is 3.07. The third kappa shape index (κ3) is 8.64. The van der Waals surface area contributed by atoms with Crippen molar-refractivity contribution in [3.05, 3.63) is 65.7 Å². The summed E-state index contributed by atoms with van der Waals surface area (Å²) >= 11 is 0. The molecule has 0 bridgehead atoms. The first-order valence-corrected chi connectivity index (χ1v) is 10.2. The van der Waals surface area contributed by atoms with Crippen LogP contribution in [0.2, 0.25) is 0 Å². The van der Waals surface area contributed by atoms with Crippen LogP contribution < -0.4 is 0 Å². The lowest BCUT2D eigenvalue weighted by Gasteiger charge is -2.08. The molecular formula is C20H26O6S. The van der Waals surface area contributed by atoms with Crippen molar-refractivity contribution >= 4 is 10.1 Å². The zero-order valence-electron chi connectivity index (χ0n) is 15.5. The van der Waals surface area contributed by atoms with Crippen molar-refractivity contribution in [1.82, 2.24) is 0 Å². The van der Waals surface area contributed by atoms with Gasteiger partial charge in [0.05, 0.1) is 51.1 Å². The van der Waals surface area contributed by atoms with Crippen molar-refractivity contribution in [3.8, 4) is 0 Å².